The first-order chi connectivity index (χ1) is 15.3. The van der Waals surface area contributed by atoms with E-state index in [0.29, 0.717) is 6.42 Å². The molecule has 0 aliphatic carbocycles. The fourth-order valence-electron chi connectivity index (χ4n) is 3.62. The molecule has 1 atom stereocenters. The van der Waals surface area contributed by atoms with Crippen LogP contribution in [0.25, 0.3) is 0 Å². The van der Waals surface area contributed by atoms with Crippen molar-refractivity contribution in [1.29, 1.82) is 0 Å². The Morgan fingerprint density at radius 2 is 0.970 bits per heavy atom. The van der Waals surface area contributed by atoms with Crippen LogP contribution in [0.3, 0.4) is 0 Å². The highest BCUT2D eigenvalue weighted by Gasteiger charge is 2.74. The summed E-state index contributed by atoms with van der Waals surface area (Å²) in [5.74, 6) is -7.69. The van der Waals surface area contributed by atoms with Gasteiger partial charge in [-0.1, -0.05) is 45.4 Å². The Morgan fingerprint density at radius 3 is 1.39 bits per heavy atom. The minimum absolute atomic E-state index is 0.0702. The monoisotopic (exact) mass is 500 g/mol. The first kappa shape index (κ1) is 32.4. The van der Waals surface area contributed by atoms with Crippen molar-refractivity contribution in [3.8, 4) is 0 Å². The van der Waals surface area contributed by atoms with Crippen molar-refractivity contribution in [2.45, 2.75) is 110 Å². The Kier molecular flexibility index (Phi) is 15.1. The number of alkyl halides is 7. The van der Waals surface area contributed by atoms with Crippen molar-refractivity contribution in [1.82, 2.24) is 0 Å². The molecule has 0 amide bonds. The van der Waals surface area contributed by atoms with Gasteiger partial charge < -0.3 is 18.9 Å². The number of hydrogen-bond donors (Lipinski definition) is 0. The van der Waals surface area contributed by atoms with E-state index in [1.807, 2.05) is 0 Å². The summed E-state index contributed by atoms with van der Waals surface area (Å²) in [6.07, 6.45) is -6.21. The number of unbranched alkanes of at least 4 members (excludes halogenated alkanes) is 5. The van der Waals surface area contributed by atoms with Gasteiger partial charge in [-0.05, 0) is 40.0 Å². The van der Waals surface area contributed by atoms with E-state index in [1.165, 1.54) is 0 Å². The van der Waals surface area contributed by atoms with E-state index in [9.17, 15) is 30.7 Å². The lowest BCUT2D eigenvalue weighted by Gasteiger charge is -2.39. The molecular formula is C22H39F7O4. The summed E-state index contributed by atoms with van der Waals surface area (Å²) >= 11 is 0. The second kappa shape index (κ2) is 15.4. The van der Waals surface area contributed by atoms with Crippen molar-refractivity contribution in [2.24, 2.45) is 5.92 Å². The Morgan fingerprint density at radius 1 is 0.545 bits per heavy atom. The van der Waals surface area contributed by atoms with Crippen molar-refractivity contribution in [3.05, 3.63) is 0 Å². The second-order valence-corrected chi connectivity index (χ2v) is 7.74. The summed E-state index contributed by atoms with van der Waals surface area (Å²) in [5.41, 5.74) is 0. The standard InChI is InChI=1S/C22H39F7O4/c1-5-9-10-11-12-13-15-18(19(30-6-2,31-7-3)32-8-4)16-14-17-33-20(23,21(24,25)26)22(27,28)29/h18H,5-17H2,1-4H3. The lowest BCUT2D eigenvalue weighted by molar-refractivity contribution is -0.430. The molecule has 1 unspecified atom stereocenters. The summed E-state index contributed by atoms with van der Waals surface area (Å²) in [5, 5.41) is 0. The van der Waals surface area contributed by atoms with E-state index < -0.39 is 36.7 Å². The van der Waals surface area contributed by atoms with Gasteiger partial charge in [-0.3, -0.25) is 0 Å². The van der Waals surface area contributed by atoms with E-state index in [0.717, 1.165) is 38.5 Å². The van der Waals surface area contributed by atoms with E-state index in [4.69, 9.17) is 14.2 Å². The third-order valence-electron chi connectivity index (χ3n) is 5.17. The maximum Gasteiger partial charge on any atom is 0.458 e. The van der Waals surface area contributed by atoms with Gasteiger partial charge in [-0.25, -0.2) is 0 Å². The van der Waals surface area contributed by atoms with Crippen LogP contribution in [-0.4, -0.2) is 50.6 Å². The number of rotatable bonds is 19. The molecular weight excluding hydrogens is 461 g/mol. The molecule has 33 heavy (non-hydrogen) atoms. The molecule has 0 spiro atoms. The van der Waals surface area contributed by atoms with Gasteiger partial charge >= 0.3 is 18.2 Å². The summed E-state index contributed by atoms with van der Waals surface area (Å²) in [4.78, 5) is 0. The summed E-state index contributed by atoms with van der Waals surface area (Å²) in [6.45, 7) is 6.86. The smallest absolute Gasteiger partial charge is 0.332 e. The van der Waals surface area contributed by atoms with Gasteiger partial charge in [0.1, 0.15) is 0 Å². The average Bonchev–Trinajstić information content (AvgIpc) is 2.70. The van der Waals surface area contributed by atoms with Gasteiger partial charge in [0.2, 0.25) is 0 Å². The minimum Gasteiger partial charge on any atom is -0.332 e. The van der Waals surface area contributed by atoms with E-state index in [-0.39, 0.29) is 32.7 Å². The van der Waals surface area contributed by atoms with Crippen LogP contribution < -0.4 is 0 Å². The maximum absolute atomic E-state index is 13.7. The normalized spacial score (nSPS) is 14.6. The highest BCUT2D eigenvalue weighted by Crippen LogP contribution is 2.47. The SMILES string of the molecule is CCCCCCCCC(CCCOC(F)(C(F)(F)F)C(F)(F)F)C(OCC)(OCC)OCC. The van der Waals surface area contributed by atoms with E-state index >= 15 is 0 Å². The first-order valence-corrected chi connectivity index (χ1v) is 11.7. The number of ether oxygens (including phenoxy) is 4. The summed E-state index contributed by atoms with van der Waals surface area (Å²) in [6, 6.07) is 0. The average molecular weight is 501 g/mol. The molecule has 0 aromatic carbocycles. The highest BCUT2D eigenvalue weighted by molar-refractivity contribution is 4.85. The molecule has 11 heteroatoms. The molecule has 0 heterocycles. The van der Waals surface area contributed by atoms with Gasteiger partial charge in [-0.2, -0.15) is 30.7 Å². The zero-order chi connectivity index (χ0) is 25.6. The van der Waals surface area contributed by atoms with Gasteiger partial charge in [-0.15, -0.1) is 0 Å². The molecule has 4 nitrogen and oxygen atoms in total. The third kappa shape index (κ3) is 10.2. The summed E-state index contributed by atoms with van der Waals surface area (Å²) < 4.78 is 111. The highest BCUT2D eigenvalue weighted by atomic mass is 19.4. The van der Waals surface area contributed by atoms with Crippen LogP contribution in [0.5, 0.6) is 0 Å². The predicted octanol–water partition coefficient (Wildman–Crippen LogP) is 7.70. The van der Waals surface area contributed by atoms with Crippen molar-refractivity contribution >= 4 is 0 Å². The van der Waals surface area contributed by atoms with Crippen molar-refractivity contribution in [2.75, 3.05) is 26.4 Å². The Labute approximate surface area is 192 Å². The lowest BCUT2D eigenvalue weighted by atomic mass is 9.93. The van der Waals surface area contributed by atoms with Crippen LogP contribution in [0, 0.1) is 5.92 Å². The van der Waals surface area contributed by atoms with E-state index in [1.54, 1.807) is 20.8 Å². The second-order valence-electron chi connectivity index (χ2n) is 7.74. The fourth-order valence-corrected chi connectivity index (χ4v) is 3.62. The van der Waals surface area contributed by atoms with Crippen LogP contribution in [0.2, 0.25) is 0 Å². The lowest BCUT2D eigenvalue weighted by Crippen LogP contribution is -2.55. The van der Waals surface area contributed by atoms with Crippen LogP contribution in [0.1, 0.15) is 85.5 Å². The quantitative estimate of drug-likeness (QED) is 0.103. The minimum atomic E-state index is -6.24. The van der Waals surface area contributed by atoms with Gasteiger partial charge in [0, 0.05) is 25.7 Å². The molecule has 0 fully saturated rings. The predicted molar refractivity (Wildman–Crippen MR) is 110 cm³/mol. The number of hydrogen-bond acceptors (Lipinski definition) is 4. The third-order valence-corrected chi connectivity index (χ3v) is 5.17. The van der Waals surface area contributed by atoms with Crippen molar-refractivity contribution in [3.63, 3.8) is 0 Å². The maximum atomic E-state index is 13.7. The van der Waals surface area contributed by atoms with Gasteiger partial charge in [0.05, 0.1) is 6.61 Å². The Balaban J connectivity index is 5.31. The molecule has 0 aliphatic heterocycles. The van der Waals surface area contributed by atoms with Gasteiger partial charge in [0.25, 0.3) is 5.97 Å². The Hall–Kier alpha value is -0.650. The molecule has 200 valence electrons. The van der Waals surface area contributed by atoms with E-state index in [2.05, 4.69) is 11.7 Å². The number of halogens is 7. The summed E-state index contributed by atoms with van der Waals surface area (Å²) in [7, 11) is 0. The molecule has 0 aliphatic rings. The van der Waals surface area contributed by atoms with Gasteiger partial charge in [0.15, 0.2) is 0 Å². The molecule has 0 aromatic heterocycles. The van der Waals surface area contributed by atoms with Crippen molar-refractivity contribution < 1.29 is 49.7 Å². The molecule has 0 aromatic rings. The first-order valence-electron chi connectivity index (χ1n) is 11.7. The zero-order valence-electron chi connectivity index (χ0n) is 20.0. The topological polar surface area (TPSA) is 36.9 Å². The van der Waals surface area contributed by atoms with Crippen LogP contribution in [-0.2, 0) is 18.9 Å². The molecule has 0 radical (unpaired) electrons. The van der Waals surface area contributed by atoms with Crippen LogP contribution >= 0.6 is 0 Å². The van der Waals surface area contributed by atoms with Crippen LogP contribution in [0.15, 0.2) is 0 Å². The van der Waals surface area contributed by atoms with Crippen LogP contribution in [0.4, 0.5) is 30.7 Å². The molecule has 0 bridgehead atoms. The Bertz CT molecular complexity index is 467. The molecule has 0 saturated heterocycles. The fraction of sp³-hybridized carbons (Fsp3) is 1.00. The molecule has 0 saturated carbocycles. The zero-order valence-corrected chi connectivity index (χ0v) is 20.0. The largest absolute Gasteiger partial charge is 0.458 e. The molecule has 0 N–H and O–H groups in total. The molecule has 0 rings (SSSR count).